The molecule has 0 saturated heterocycles. The number of nitro benzene ring substituents is 1. The van der Waals surface area contributed by atoms with E-state index in [9.17, 15) is 19.7 Å². The summed E-state index contributed by atoms with van der Waals surface area (Å²) in [6.45, 7) is 0.292. The summed E-state index contributed by atoms with van der Waals surface area (Å²) in [5, 5.41) is 17.6. The number of non-ortho nitro benzene ring substituents is 1. The fourth-order valence-electron chi connectivity index (χ4n) is 2.14. The minimum Gasteiger partial charge on any atom is -0.346 e. The first kappa shape index (κ1) is 18.6. The minimum atomic E-state index is -0.822. The lowest BCUT2D eigenvalue weighted by Gasteiger charge is -2.23. The maximum absolute atomic E-state index is 12.0. The van der Waals surface area contributed by atoms with Crippen molar-refractivity contribution < 1.29 is 14.5 Å². The highest BCUT2D eigenvalue weighted by molar-refractivity contribution is 7.10. The van der Waals surface area contributed by atoms with Gasteiger partial charge in [0.2, 0.25) is 0 Å². The lowest BCUT2D eigenvalue weighted by atomic mass is 10.2. The van der Waals surface area contributed by atoms with E-state index < -0.39 is 16.7 Å². The Labute approximate surface area is 148 Å². The molecule has 2 aromatic rings. The maximum atomic E-state index is 12.0. The molecule has 0 spiro atoms. The predicted octanol–water partition coefficient (Wildman–Crippen LogP) is 2.01. The predicted molar refractivity (Wildman–Crippen MR) is 95.5 cm³/mol. The van der Waals surface area contributed by atoms with Gasteiger partial charge in [-0.05, 0) is 37.7 Å². The highest BCUT2D eigenvalue weighted by Gasteiger charge is 2.19. The number of carbonyl (C=O) groups is 2. The topological polar surface area (TPSA) is 105 Å². The van der Waals surface area contributed by atoms with Crippen molar-refractivity contribution in [2.75, 3.05) is 26.0 Å². The van der Waals surface area contributed by atoms with Crippen molar-refractivity contribution >= 4 is 34.5 Å². The number of benzene rings is 1. The molecule has 2 N–H and O–H groups in total. The fraction of sp³-hybridized carbons (Fsp3) is 0.250. The third-order valence-electron chi connectivity index (χ3n) is 3.49. The second-order valence-corrected chi connectivity index (χ2v) is 6.44. The van der Waals surface area contributed by atoms with Gasteiger partial charge in [-0.15, -0.1) is 11.3 Å². The average molecular weight is 362 g/mol. The van der Waals surface area contributed by atoms with Crippen LogP contribution in [0.2, 0.25) is 0 Å². The van der Waals surface area contributed by atoms with Gasteiger partial charge in [0.1, 0.15) is 0 Å². The average Bonchev–Trinajstić information content (AvgIpc) is 3.09. The Morgan fingerprint density at radius 1 is 1.20 bits per heavy atom. The van der Waals surface area contributed by atoms with Gasteiger partial charge in [0.05, 0.1) is 11.0 Å². The van der Waals surface area contributed by atoms with Crippen molar-refractivity contribution in [1.29, 1.82) is 0 Å². The molecule has 0 aliphatic carbocycles. The van der Waals surface area contributed by atoms with Crippen molar-refractivity contribution in [3.8, 4) is 0 Å². The van der Waals surface area contributed by atoms with Crippen molar-refractivity contribution in [2.24, 2.45) is 0 Å². The molecule has 0 aliphatic rings. The Bertz CT molecular complexity index is 744. The summed E-state index contributed by atoms with van der Waals surface area (Å²) in [6, 6.07) is 9.13. The van der Waals surface area contributed by atoms with Crippen molar-refractivity contribution in [3.63, 3.8) is 0 Å². The number of nitrogens with one attached hydrogen (secondary N) is 2. The molecule has 9 heteroatoms. The van der Waals surface area contributed by atoms with Crippen LogP contribution in [0, 0.1) is 10.1 Å². The molecule has 8 nitrogen and oxygen atoms in total. The summed E-state index contributed by atoms with van der Waals surface area (Å²) in [7, 11) is 3.79. The van der Waals surface area contributed by atoms with Crippen LogP contribution < -0.4 is 10.6 Å². The molecule has 0 radical (unpaired) electrons. The van der Waals surface area contributed by atoms with Gasteiger partial charge in [-0.3, -0.25) is 19.7 Å². The van der Waals surface area contributed by atoms with Gasteiger partial charge in [-0.25, -0.2) is 0 Å². The van der Waals surface area contributed by atoms with Crippen LogP contribution in [-0.2, 0) is 9.59 Å². The van der Waals surface area contributed by atoms with Crippen molar-refractivity contribution in [2.45, 2.75) is 6.04 Å². The lowest BCUT2D eigenvalue weighted by Crippen LogP contribution is -2.40. The molecule has 2 amide bonds. The monoisotopic (exact) mass is 362 g/mol. The van der Waals surface area contributed by atoms with E-state index in [1.165, 1.54) is 24.3 Å². The Kier molecular flexibility index (Phi) is 6.20. The zero-order chi connectivity index (χ0) is 18.4. The molecule has 1 unspecified atom stereocenters. The number of thiophene rings is 1. The van der Waals surface area contributed by atoms with Crippen molar-refractivity contribution in [1.82, 2.24) is 10.2 Å². The molecule has 1 atom stereocenters. The number of carbonyl (C=O) groups excluding carboxylic acids is 2. The van der Waals surface area contributed by atoms with E-state index in [-0.39, 0.29) is 11.7 Å². The van der Waals surface area contributed by atoms with E-state index >= 15 is 0 Å². The number of hydrogen-bond acceptors (Lipinski definition) is 6. The number of anilines is 1. The molecule has 2 rings (SSSR count). The molecule has 0 saturated carbocycles. The number of amides is 2. The molecule has 1 aromatic carbocycles. The molecule has 0 aliphatic heterocycles. The zero-order valence-corrected chi connectivity index (χ0v) is 14.6. The van der Waals surface area contributed by atoms with Crippen LogP contribution in [0.5, 0.6) is 0 Å². The largest absolute Gasteiger partial charge is 0.346 e. The Morgan fingerprint density at radius 3 is 2.40 bits per heavy atom. The van der Waals surface area contributed by atoms with Crippen LogP contribution in [-0.4, -0.2) is 42.3 Å². The van der Waals surface area contributed by atoms with Crippen LogP contribution in [0.3, 0.4) is 0 Å². The molecular weight excluding hydrogens is 344 g/mol. The van der Waals surface area contributed by atoms with E-state index in [0.29, 0.717) is 12.2 Å². The smallest absolute Gasteiger partial charge is 0.313 e. The summed E-state index contributed by atoms with van der Waals surface area (Å²) in [4.78, 5) is 37.0. The van der Waals surface area contributed by atoms with Crippen molar-refractivity contribution in [3.05, 3.63) is 56.8 Å². The molecule has 25 heavy (non-hydrogen) atoms. The molecular formula is C16H18N4O4S. The number of rotatable bonds is 6. The number of nitro groups is 1. The van der Waals surface area contributed by atoms with Crippen LogP contribution >= 0.6 is 11.3 Å². The molecule has 1 aromatic heterocycles. The van der Waals surface area contributed by atoms with Crippen LogP contribution in [0.4, 0.5) is 11.4 Å². The highest BCUT2D eigenvalue weighted by Crippen LogP contribution is 2.22. The zero-order valence-electron chi connectivity index (χ0n) is 13.8. The molecule has 0 bridgehead atoms. The first-order valence-corrected chi connectivity index (χ1v) is 8.30. The van der Waals surface area contributed by atoms with E-state index in [1.807, 2.05) is 36.5 Å². The van der Waals surface area contributed by atoms with Gasteiger partial charge in [-0.1, -0.05) is 6.07 Å². The maximum Gasteiger partial charge on any atom is 0.313 e. The molecule has 132 valence electrons. The SMILES string of the molecule is CN(C)C(CNC(=O)C(=O)Nc1ccc([N+](=O)[O-])cc1)c1cccs1. The first-order valence-electron chi connectivity index (χ1n) is 7.42. The summed E-state index contributed by atoms with van der Waals surface area (Å²) < 4.78 is 0. The highest BCUT2D eigenvalue weighted by atomic mass is 32.1. The summed E-state index contributed by atoms with van der Waals surface area (Å²) in [6.07, 6.45) is 0. The second-order valence-electron chi connectivity index (χ2n) is 5.46. The Morgan fingerprint density at radius 2 is 1.88 bits per heavy atom. The standard InChI is InChI=1S/C16H18N4O4S/c1-19(2)13(14-4-3-9-25-14)10-17-15(21)16(22)18-11-5-7-12(8-6-11)20(23)24/h3-9,13H,10H2,1-2H3,(H,17,21)(H,18,22). The van der Waals surface area contributed by atoms with Gasteiger partial charge in [0, 0.05) is 29.2 Å². The van der Waals surface area contributed by atoms with Crippen LogP contribution in [0.15, 0.2) is 41.8 Å². The molecule has 0 fully saturated rings. The minimum absolute atomic E-state index is 0.0314. The van der Waals surface area contributed by atoms with E-state index in [4.69, 9.17) is 0 Å². The van der Waals surface area contributed by atoms with E-state index in [1.54, 1.807) is 11.3 Å². The van der Waals surface area contributed by atoms with E-state index in [2.05, 4.69) is 10.6 Å². The quantitative estimate of drug-likeness (QED) is 0.465. The van der Waals surface area contributed by atoms with Gasteiger partial charge < -0.3 is 15.5 Å². The van der Waals surface area contributed by atoms with Gasteiger partial charge >= 0.3 is 11.8 Å². The van der Waals surface area contributed by atoms with Crippen LogP contribution in [0.25, 0.3) is 0 Å². The second kappa shape index (κ2) is 8.36. The van der Waals surface area contributed by atoms with E-state index in [0.717, 1.165) is 4.88 Å². The Hall–Kier alpha value is -2.78. The summed E-state index contributed by atoms with van der Waals surface area (Å²) >= 11 is 1.58. The number of nitrogens with zero attached hydrogens (tertiary/aromatic N) is 2. The third-order valence-corrected chi connectivity index (χ3v) is 4.47. The fourth-order valence-corrected chi connectivity index (χ4v) is 3.07. The lowest BCUT2D eigenvalue weighted by molar-refractivity contribution is -0.384. The van der Waals surface area contributed by atoms with Gasteiger partial charge in [0.25, 0.3) is 5.69 Å². The van der Waals surface area contributed by atoms with Crippen LogP contribution in [0.1, 0.15) is 10.9 Å². The first-order chi connectivity index (χ1) is 11.9. The van der Waals surface area contributed by atoms with Gasteiger partial charge in [-0.2, -0.15) is 0 Å². The summed E-state index contributed by atoms with van der Waals surface area (Å²) in [5.74, 6) is -1.58. The number of likely N-dealkylation sites (N-methyl/N-ethyl adjacent to an activating group) is 1. The number of hydrogen-bond donors (Lipinski definition) is 2. The normalized spacial score (nSPS) is 11.8. The molecule has 1 heterocycles. The Balaban J connectivity index is 1.91. The third kappa shape index (κ3) is 5.10. The summed E-state index contributed by atoms with van der Waals surface area (Å²) in [5.41, 5.74) is 0.223. The van der Waals surface area contributed by atoms with Gasteiger partial charge in [0.15, 0.2) is 0 Å².